The maximum absolute atomic E-state index is 13.1. The van der Waals surface area contributed by atoms with Crippen LogP contribution in [0.2, 0.25) is 0 Å². The molecule has 3 aromatic rings. The Morgan fingerprint density at radius 2 is 1.95 bits per heavy atom. The van der Waals surface area contributed by atoms with Gasteiger partial charge in [-0.1, -0.05) is 0 Å². The molecule has 0 amide bonds. The predicted octanol–water partition coefficient (Wildman–Crippen LogP) is 3.86. The van der Waals surface area contributed by atoms with Crippen LogP contribution in [0.1, 0.15) is 0 Å². The summed E-state index contributed by atoms with van der Waals surface area (Å²) < 4.78 is 13.7. The highest BCUT2D eigenvalue weighted by molar-refractivity contribution is 9.10. The molecule has 0 aliphatic carbocycles. The zero-order chi connectivity index (χ0) is 14.1. The largest absolute Gasteiger partial charge is 0.399 e. The number of nitrogen functional groups attached to an aromatic ring is 1. The van der Waals surface area contributed by atoms with Gasteiger partial charge in [0, 0.05) is 15.5 Å². The molecule has 0 saturated carbocycles. The van der Waals surface area contributed by atoms with Crippen molar-refractivity contribution in [2.75, 3.05) is 11.1 Å². The lowest BCUT2D eigenvalue weighted by molar-refractivity contribution is 0.627. The van der Waals surface area contributed by atoms with Gasteiger partial charge in [0.05, 0.1) is 11.2 Å². The van der Waals surface area contributed by atoms with E-state index in [4.69, 9.17) is 5.73 Å². The fourth-order valence-electron chi connectivity index (χ4n) is 1.89. The molecule has 0 fully saturated rings. The molecule has 3 N–H and O–H groups in total. The summed E-state index contributed by atoms with van der Waals surface area (Å²) in [6, 6.07) is 9.84. The van der Waals surface area contributed by atoms with Crippen molar-refractivity contribution in [3.05, 3.63) is 53.0 Å². The van der Waals surface area contributed by atoms with E-state index < -0.39 is 0 Å². The first-order valence-electron chi connectivity index (χ1n) is 5.86. The molecule has 0 unspecified atom stereocenters. The summed E-state index contributed by atoms with van der Waals surface area (Å²) in [5.74, 6) is 0.338. The van der Waals surface area contributed by atoms with E-state index in [9.17, 15) is 4.39 Å². The van der Waals surface area contributed by atoms with Crippen LogP contribution in [0.4, 0.5) is 21.6 Å². The summed E-state index contributed by atoms with van der Waals surface area (Å²) in [4.78, 5) is 8.40. The lowest BCUT2D eigenvalue weighted by atomic mass is 10.2. The average molecular weight is 333 g/mol. The van der Waals surface area contributed by atoms with Crippen molar-refractivity contribution < 1.29 is 4.39 Å². The molecule has 100 valence electrons. The van der Waals surface area contributed by atoms with E-state index in [0.29, 0.717) is 16.0 Å². The minimum absolute atomic E-state index is 0.303. The van der Waals surface area contributed by atoms with Crippen LogP contribution in [0, 0.1) is 5.82 Å². The smallest absolute Gasteiger partial charge is 0.141 e. The fourth-order valence-corrected chi connectivity index (χ4v) is 2.34. The average Bonchev–Trinajstić information content (AvgIpc) is 2.41. The fraction of sp³-hybridized carbons (Fsp3) is 0. The maximum atomic E-state index is 13.1. The molecule has 0 radical (unpaired) electrons. The number of hydrogen-bond acceptors (Lipinski definition) is 4. The van der Waals surface area contributed by atoms with Gasteiger partial charge in [-0.05, 0) is 52.3 Å². The number of nitrogens with two attached hydrogens (primary N) is 1. The van der Waals surface area contributed by atoms with Crippen molar-refractivity contribution in [2.24, 2.45) is 0 Å². The summed E-state index contributed by atoms with van der Waals surface area (Å²) in [5, 5.41) is 4.00. The third kappa shape index (κ3) is 2.42. The highest BCUT2D eigenvalue weighted by Crippen LogP contribution is 2.29. The van der Waals surface area contributed by atoms with E-state index in [1.807, 2.05) is 6.07 Å². The Labute approximate surface area is 123 Å². The second-order valence-corrected chi connectivity index (χ2v) is 5.10. The van der Waals surface area contributed by atoms with Crippen molar-refractivity contribution in [3.8, 4) is 0 Å². The summed E-state index contributed by atoms with van der Waals surface area (Å²) in [5.41, 5.74) is 7.86. The van der Waals surface area contributed by atoms with Crippen LogP contribution in [0.25, 0.3) is 10.9 Å². The van der Waals surface area contributed by atoms with E-state index in [-0.39, 0.29) is 5.82 Å². The molecule has 1 heterocycles. The van der Waals surface area contributed by atoms with Crippen molar-refractivity contribution in [3.63, 3.8) is 0 Å². The van der Waals surface area contributed by atoms with Gasteiger partial charge in [-0.25, -0.2) is 14.4 Å². The summed E-state index contributed by atoms with van der Waals surface area (Å²) in [6.45, 7) is 0. The van der Waals surface area contributed by atoms with Crippen LogP contribution < -0.4 is 11.1 Å². The minimum Gasteiger partial charge on any atom is -0.399 e. The number of halogens is 2. The van der Waals surface area contributed by atoms with Gasteiger partial charge in [0.25, 0.3) is 0 Å². The third-order valence-corrected chi connectivity index (χ3v) is 3.50. The van der Waals surface area contributed by atoms with Gasteiger partial charge in [0.1, 0.15) is 18.0 Å². The zero-order valence-electron chi connectivity index (χ0n) is 10.3. The van der Waals surface area contributed by atoms with Crippen molar-refractivity contribution in [2.45, 2.75) is 0 Å². The topological polar surface area (TPSA) is 63.8 Å². The molecule has 1 aromatic heterocycles. The molecule has 0 aliphatic heterocycles. The van der Waals surface area contributed by atoms with Gasteiger partial charge < -0.3 is 11.1 Å². The molecular weight excluding hydrogens is 323 g/mol. The van der Waals surface area contributed by atoms with Gasteiger partial charge in [0.2, 0.25) is 0 Å². The number of rotatable bonds is 2. The molecule has 0 bridgehead atoms. The number of fused-ring (bicyclic) bond motifs is 1. The van der Waals surface area contributed by atoms with Crippen molar-refractivity contribution in [1.29, 1.82) is 0 Å². The normalized spacial score (nSPS) is 10.7. The molecule has 0 spiro atoms. The first-order chi connectivity index (χ1) is 9.63. The Hall–Kier alpha value is -2.21. The van der Waals surface area contributed by atoms with E-state index in [0.717, 1.165) is 16.6 Å². The van der Waals surface area contributed by atoms with Crippen molar-refractivity contribution >= 4 is 44.0 Å². The first kappa shape index (κ1) is 12.8. The maximum Gasteiger partial charge on any atom is 0.141 e. The Morgan fingerprint density at radius 1 is 1.10 bits per heavy atom. The number of nitrogens with zero attached hydrogens (tertiary/aromatic N) is 2. The highest BCUT2D eigenvalue weighted by atomic mass is 79.9. The number of nitrogens with one attached hydrogen (secondary N) is 1. The van der Waals surface area contributed by atoms with Crippen LogP contribution in [0.5, 0.6) is 0 Å². The quantitative estimate of drug-likeness (QED) is 0.699. The van der Waals surface area contributed by atoms with Crippen LogP contribution in [-0.2, 0) is 0 Å². The van der Waals surface area contributed by atoms with Crippen LogP contribution in [-0.4, -0.2) is 9.97 Å². The predicted molar refractivity (Wildman–Crippen MR) is 81.3 cm³/mol. The monoisotopic (exact) mass is 332 g/mol. The Morgan fingerprint density at radius 3 is 2.75 bits per heavy atom. The third-order valence-electron chi connectivity index (χ3n) is 2.84. The molecule has 3 rings (SSSR count). The van der Waals surface area contributed by atoms with Gasteiger partial charge >= 0.3 is 0 Å². The molecule has 4 nitrogen and oxygen atoms in total. The van der Waals surface area contributed by atoms with Gasteiger partial charge in [-0.2, -0.15) is 0 Å². The van der Waals surface area contributed by atoms with Crippen LogP contribution in [0.15, 0.2) is 47.2 Å². The second kappa shape index (κ2) is 5.05. The zero-order valence-corrected chi connectivity index (χ0v) is 11.9. The van der Waals surface area contributed by atoms with Gasteiger partial charge in [-0.15, -0.1) is 0 Å². The number of aromatic nitrogens is 2. The Kier molecular flexibility index (Phi) is 3.23. The summed E-state index contributed by atoms with van der Waals surface area (Å²) in [6.07, 6.45) is 1.46. The molecule has 2 aromatic carbocycles. The van der Waals surface area contributed by atoms with Crippen LogP contribution in [0.3, 0.4) is 0 Å². The molecule has 0 atom stereocenters. The Bertz CT molecular complexity index is 791. The molecule has 6 heteroatoms. The lowest BCUT2D eigenvalue weighted by Crippen LogP contribution is -1.97. The van der Waals surface area contributed by atoms with E-state index in [1.165, 1.54) is 18.5 Å². The molecular formula is C14H10BrFN4. The van der Waals surface area contributed by atoms with E-state index >= 15 is 0 Å². The Balaban J connectivity index is 2.06. The minimum atomic E-state index is -0.303. The van der Waals surface area contributed by atoms with Crippen LogP contribution >= 0.6 is 15.9 Å². The van der Waals surface area contributed by atoms with Gasteiger partial charge in [-0.3, -0.25) is 0 Å². The van der Waals surface area contributed by atoms with Crippen molar-refractivity contribution in [1.82, 2.24) is 9.97 Å². The van der Waals surface area contributed by atoms with E-state index in [2.05, 4.69) is 31.2 Å². The highest BCUT2D eigenvalue weighted by Gasteiger charge is 2.07. The van der Waals surface area contributed by atoms with Gasteiger partial charge in [0.15, 0.2) is 0 Å². The van der Waals surface area contributed by atoms with E-state index in [1.54, 1.807) is 18.2 Å². The standard InChI is InChI=1S/C14H10BrFN4/c15-11-5-8(16)1-4-12(11)20-14-10-3-2-9(17)6-13(10)18-7-19-14/h1-7H,17H2,(H,18,19,20). The first-order valence-corrected chi connectivity index (χ1v) is 6.65. The lowest BCUT2D eigenvalue weighted by Gasteiger charge is -2.10. The molecule has 20 heavy (non-hydrogen) atoms. The number of anilines is 3. The molecule has 0 aliphatic rings. The summed E-state index contributed by atoms with van der Waals surface area (Å²) >= 11 is 3.31. The summed E-state index contributed by atoms with van der Waals surface area (Å²) in [7, 11) is 0. The number of hydrogen-bond donors (Lipinski definition) is 2. The SMILES string of the molecule is Nc1ccc2c(Nc3ccc(F)cc3Br)ncnc2c1. The second-order valence-electron chi connectivity index (χ2n) is 4.25. The molecule has 0 saturated heterocycles. The number of benzene rings is 2.